The Bertz CT molecular complexity index is 679. The Balaban J connectivity index is 1.47. The minimum atomic E-state index is -0.176. The molecule has 148 valence electrons. The zero-order chi connectivity index (χ0) is 19.2. The Morgan fingerprint density at radius 3 is 2.78 bits per heavy atom. The zero-order valence-corrected chi connectivity index (χ0v) is 15.9. The summed E-state index contributed by atoms with van der Waals surface area (Å²) in [6.07, 6.45) is 0.940. The van der Waals surface area contributed by atoms with Crippen LogP contribution in [0.5, 0.6) is 11.5 Å². The lowest BCUT2D eigenvalue weighted by Crippen LogP contribution is -2.40. The largest absolute Gasteiger partial charge is 0.486 e. The van der Waals surface area contributed by atoms with Crippen LogP contribution in [0.2, 0.25) is 0 Å². The number of ether oxygens (including phenoxy) is 3. The van der Waals surface area contributed by atoms with Gasteiger partial charge in [0.05, 0.1) is 6.10 Å². The summed E-state index contributed by atoms with van der Waals surface area (Å²) in [6, 6.07) is 5.28. The number of rotatable bonds is 8. The third kappa shape index (κ3) is 5.03. The quantitative estimate of drug-likeness (QED) is 0.697. The molecule has 2 heterocycles. The van der Waals surface area contributed by atoms with E-state index in [1.165, 1.54) is 0 Å². The first-order valence-electron chi connectivity index (χ1n) is 9.39. The fourth-order valence-corrected chi connectivity index (χ4v) is 3.02. The first kappa shape index (κ1) is 19.3. The van der Waals surface area contributed by atoms with Crippen molar-refractivity contribution in [1.29, 1.82) is 0 Å². The predicted octanol–water partition coefficient (Wildman–Crippen LogP) is 1.63. The van der Waals surface area contributed by atoms with E-state index in [2.05, 4.69) is 5.32 Å². The lowest BCUT2D eigenvalue weighted by molar-refractivity contribution is -0.121. The molecule has 0 bridgehead atoms. The number of carbonyl (C=O) groups excluding carboxylic acids is 2. The number of hydrogen-bond donors (Lipinski definition) is 1. The second-order valence-corrected chi connectivity index (χ2v) is 6.81. The van der Waals surface area contributed by atoms with Gasteiger partial charge in [0.15, 0.2) is 11.5 Å². The van der Waals surface area contributed by atoms with Gasteiger partial charge in [-0.15, -0.1) is 0 Å². The Hall–Kier alpha value is -2.48. The minimum Gasteiger partial charge on any atom is -0.486 e. The van der Waals surface area contributed by atoms with Crippen molar-refractivity contribution >= 4 is 17.6 Å². The highest BCUT2D eigenvalue weighted by Crippen LogP contribution is 2.34. The lowest BCUT2D eigenvalue weighted by Gasteiger charge is -2.22. The third-order valence-electron chi connectivity index (χ3n) is 4.36. The highest BCUT2D eigenvalue weighted by Gasteiger charge is 2.31. The van der Waals surface area contributed by atoms with E-state index >= 15 is 0 Å². The van der Waals surface area contributed by atoms with Crippen LogP contribution in [-0.2, 0) is 9.53 Å². The van der Waals surface area contributed by atoms with Crippen LogP contribution in [0, 0.1) is 0 Å². The third-order valence-corrected chi connectivity index (χ3v) is 4.36. The number of hydrogen-bond acceptors (Lipinski definition) is 5. The van der Waals surface area contributed by atoms with Gasteiger partial charge in [-0.05, 0) is 32.4 Å². The molecule has 0 spiro atoms. The Kier molecular flexibility index (Phi) is 6.39. The topological polar surface area (TPSA) is 80.3 Å². The molecule has 1 N–H and O–H groups in total. The maximum Gasteiger partial charge on any atom is 0.325 e. The number of nitrogens with zero attached hydrogens (tertiary/aromatic N) is 2. The van der Waals surface area contributed by atoms with Crippen LogP contribution < -0.4 is 19.7 Å². The molecule has 2 aliphatic heterocycles. The van der Waals surface area contributed by atoms with E-state index in [0.29, 0.717) is 51.0 Å². The average Bonchev–Trinajstić information content (AvgIpc) is 3.01. The molecule has 8 nitrogen and oxygen atoms in total. The van der Waals surface area contributed by atoms with Crippen molar-refractivity contribution < 1.29 is 23.8 Å². The summed E-state index contributed by atoms with van der Waals surface area (Å²) in [6.45, 7) is 7.24. The molecular formula is C19H27N3O5. The van der Waals surface area contributed by atoms with Crippen LogP contribution in [0.4, 0.5) is 10.5 Å². The smallest absolute Gasteiger partial charge is 0.325 e. The molecule has 3 rings (SSSR count). The fourth-order valence-electron chi connectivity index (χ4n) is 3.02. The summed E-state index contributed by atoms with van der Waals surface area (Å²) < 4.78 is 16.5. The molecule has 27 heavy (non-hydrogen) atoms. The predicted molar refractivity (Wildman–Crippen MR) is 100 cm³/mol. The van der Waals surface area contributed by atoms with Gasteiger partial charge in [-0.25, -0.2) is 4.79 Å². The summed E-state index contributed by atoms with van der Waals surface area (Å²) in [5.41, 5.74) is 0.748. The van der Waals surface area contributed by atoms with E-state index in [-0.39, 0.29) is 24.6 Å². The van der Waals surface area contributed by atoms with Gasteiger partial charge >= 0.3 is 6.03 Å². The van der Waals surface area contributed by atoms with Gasteiger partial charge in [0.1, 0.15) is 19.8 Å². The second-order valence-electron chi connectivity index (χ2n) is 6.81. The van der Waals surface area contributed by atoms with Crippen molar-refractivity contribution in [2.45, 2.75) is 26.4 Å². The first-order valence-corrected chi connectivity index (χ1v) is 9.39. The molecule has 1 aromatic carbocycles. The van der Waals surface area contributed by atoms with Crippen LogP contribution >= 0.6 is 0 Å². The van der Waals surface area contributed by atoms with Crippen LogP contribution in [0.15, 0.2) is 18.2 Å². The van der Waals surface area contributed by atoms with Gasteiger partial charge in [0.2, 0.25) is 5.91 Å². The number of anilines is 1. The standard InChI is InChI=1S/C19H27N3O5/c1-14(2)25-9-3-6-20-18(23)13-21-7-8-22(19(21)24)15-4-5-16-17(12-15)27-11-10-26-16/h4-5,12,14H,3,6-11,13H2,1-2H3,(H,20,23). The molecule has 2 aliphatic rings. The first-order chi connectivity index (χ1) is 13.0. The van der Waals surface area contributed by atoms with E-state index in [0.717, 1.165) is 12.1 Å². The van der Waals surface area contributed by atoms with Crippen molar-refractivity contribution in [3.63, 3.8) is 0 Å². The summed E-state index contributed by atoms with van der Waals surface area (Å²) in [4.78, 5) is 27.9. The lowest BCUT2D eigenvalue weighted by atomic mass is 10.2. The van der Waals surface area contributed by atoms with Crippen LogP contribution in [0.1, 0.15) is 20.3 Å². The van der Waals surface area contributed by atoms with Gasteiger partial charge in [0.25, 0.3) is 0 Å². The van der Waals surface area contributed by atoms with Crippen LogP contribution in [0.3, 0.4) is 0 Å². The van der Waals surface area contributed by atoms with Crippen molar-refractivity contribution in [2.75, 3.05) is 50.9 Å². The van der Waals surface area contributed by atoms with Crippen LogP contribution in [0.25, 0.3) is 0 Å². The summed E-state index contributed by atoms with van der Waals surface area (Å²) >= 11 is 0. The van der Waals surface area contributed by atoms with Gasteiger partial charge in [-0.1, -0.05) is 0 Å². The molecular weight excluding hydrogens is 350 g/mol. The van der Waals surface area contributed by atoms with Crippen molar-refractivity contribution in [1.82, 2.24) is 10.2 Å². The number of urea groups is 1. The van der Waals surface area contributed by atoms with E-state index in [9.17, 15) is 9.59 Å². The molecule has 3 amide bonds. The van der Waals surface area contributed by atoms with Crippen molar-refractivity contribution in [3.8, 4) is 11.5 Å². The van der Waals surface area contributed by atoms with Crippen molar-refractivity contribution in [2.24, 2.45) is 0 Å². The fraction of sp³-hybridized carbons (Fsp3) is 0.579. The molecule has 0 aromatic heterocycles. The molecule has 1 fully saturated rings. The summed E-state index contributed by atoms with van der Waals surface area (Å²) in [5, 5.41) is 2.83. The second kappa shape index (κ2) is 8.94. The normalized spacial score (nSPS) is 16.2. The molecule has 1 aromatic rings. The molecule has 1 saturated heterocycles. The molecule has 0 atom stereocenters. The number of amides is 3. The summed E-state index contributed by atoms with van der Waals surface area (Å²) in [7, 11) is 0. The highest BCUT2D eigenvalue weighted by molar-refractivity contribution is 5.96. The van der Waals surface area contributed by atoms with E-state index in [4.69, 9.17) is 14.2 Å². The van der Waals surface area contributed by atoms with E-state index in [1.54, 1.807) is 9.80 Å². The monoisotopic (exact) mass is 377 g/mol. The number of nitrogens with one attached hydrogen (secondary N) is 1. The minimum absolute atomic E-state index is 0.0604. The van der Waals surface area contributed by atoms with Crippen LogP contribution in [-0.4, -0.2) is 68.9 Å². The van der Waals surface area contributed by atoms with Gasteiger partial charge in [-0.2, -0.15) is 0 Å². The molecule has 0 radical (unpaired) electrons. The Morgan fingerprint density at radius 2 is 2.00 bits per heavy atom. The van der Waals surface area contributed by atoms with E-state index < -0.39 is 0 Å². The summed E-state index contributed by atoms with van der Waals surface area (Å²) in [5.74, 6) is 1.18. The van der Waals surface area contributed by atoms with Gasteiger partial charge in [-0.3, -0.25) is 9.69 Å². The molecule has 0 unspecified atom stereocenters. The Labute approximate surface area is 159 Å². The zero-order valence-electron chi connectivity index (χ0n) is 15.9. The number of carbonyl (C=O) groups is 2. The molecule has 0 saturated carbocycles. The maximum absolute atomic E-state index is 12.6. The van der Waals surface area contributed by atoms with E-state index in [1.807, 2.05) is 32.0 Å². The maximum atomic E-state index is 12.6. The van der Waals surface area contributed by atoms with Gasteiger partial charge < -0.3 is 24.4 Å². The number of fused-ring (bicyclic) bond motifs is 1. The van der Waals surface area contributed by atoms with Crippen molar-refractivity contribution in [3.05, 3.63) is 18.2 Å². The Morgan fingerprint density at radius 1 is 1.22 bits per heavy atom. The average molecular weight is 377 g/mol. The SMILES string of the molecule is CC(C)OCCCNC(=O)CN1CCN(c2ccc3c(c2)OCCO3)C1=O. The highest BCUT2D eigenvalue weighted by atomic mass is 16.6. The molecule has 0 aliphatic carbocycles. The van der Waals surface area contributed by atoms with Gasteiger partial charge in [0, 0.05) is 38.0 Å². The number of benzene rings is 1. The molecule has 8 heteroatoms.